The van der Waals surface area contributed by atoms with Gasteiger partial charge in [-0.15, -0.1) is 11.3 Å². The van der Waals surface area contributed by atoms with E-state index in [1.165, 1.54) is 42.5 Å². The van der Waals surface area contributed by atoms with E-state index in [0.29, 0.717) is 31.7 Å². The Hall–Kier alpha value is -2.62. The smallest absolute Gasteiger partial charge is 0.238 e. The molecule has 0 spiro atoms. The molecular formula is C22H13Cl2FN2O3S2. The van der Waals surface area contributed by atoms with Crippen LogP contribution in [0.4, 0.5) is 4.39 Å². The zero-order valence-corrected chi connectivity index (χ0v) is 19.2. The highest BCUT2D eigenvalue weighted by atomic mass is 35.5. The molecule has 0 amide bonds. The quantitative estimate of drug-likeness (QED) is 0.346. The number of benzene rings is 3. The van der Waals surface area contributed by atoms with Crippen LogP contribution in [0, 0.1) is 5.82 Å². The highest BCUT2D eigenvalue weighted by molar-refractivity contribution is 7.89. The number of rotatable bonds is 5. The van der Waals surface area contributed by atoms with Crippen molar-refractivity contribution in [2.75, 3.05) is 0 Å². The molecule has 0 unspecified atom stereocenters. The predicted molar refractivity (Wildman–Crippen MR) is 124 cm³/mol. The molecule has 10 heteroatoms. The number of carbonyl (C=O) groups is 1. The summed E-state index contributed by atoms with van der Waals surface area (Å²) in [5.41, 5.74) is 1.94. The average Bonchev–Trinajstić information content (AvgIpc) is 3.18. The molecule has 5 nitrogen and oxygen atoms in total. The van der Waals surface area contributed by atoms with Gasteiger partial charge in [-0.25, -0.2) is 22.9 Å². The molecule has 0 aliphatic heterocycles. The molecule has 0 fully saturated rings. The lowest BCUT2D eigenvalue weighted by Gasteiger charge is -2.04. The van der Waals surface area contributed by atoms with Crippen LogP contribution in [-0.4, -0.2) is 19.2 Å². The van der Waals surface area contributed by atoms with Gasteiger partial charge in [0, 0.05) is 21.2 Å². The summed E-state index contributed by atoms with van der Waals surface area (Å²) in [6.07, 6.45) is 0. The number of aromatic nitrogens is 1. The van der Waals surface area contributed by atoms with E-state index in [1.807, 2.05) is 0 Å². The van der Waals surface area contributed by atoms with Crippen molar-refractivity contribution in [2.24, 2.45) is 5.14 Å². The Bertz CT molecular complexity index is 1420. The number of primary sulfonamides is 1. The molecule has 3 aromatic carbocycles. The molecule has 0 bridgehead atoms. The molecule has 1 heterocycles. The molecule has 162 valence electrons. The fourth-order valence-corrected chi connectivity index (χ4v) is 5.12. The first kappa shape index (κ1) is 22.6. The van der Waals surface area contributed by atoms with Crippen LogP contribution in [-0.2, 0) is 10.0 Å². The number of ketones is 1. The highest BCUT2D eigenvalue weighted by Gasteiger charge is 2.21. The largest absolute Gasteiger partial charge is 0.286 e. The fraction of sp³-hybridized carbons (Fsp3) is 0. The maximum atomic E-state index is 13.5. The molecule has 0 aliphatic carbocycles. The van der Waals surface area contributed by atoms with E-state index in [2.05, 4.69) is 4.98 Å². The SMILES string of the molecule is NS(=O)(=O)c1ccc(-c2nc(C(=O)c3cc(Cl)cc(Cl)c3)sc2-c2ccc(F)cc2)cc1. The summed E-state index contributed by atoms with van der Waals surface area (Å²) in [5.74, 6) is -0.780. The minimum absolute atomic E-state index is 0.0512. The summed E-state index contributed by atoms with van der Waals surface area (Å²) in [6, 6.07) is 16.1. The van der Waals surface area contributed by atoms with Gasteiger partial charge in [-0.3, -0.25) is 4.79 Å². The van der Waals surface area contributed by atoms with Crippen LogP contribution in [0.2, 0.25) is 10.0 Å². The van der Waals surface area contributed by atoms with E-state index in [4.69, 9.17) is 28.3 Å². The maximum Gasteiger partial charge on any atom is 0.238 e. The van der Waals surface area contributed by atoms with E-state index < -0.39 is 15.8 Å². The van der Waals surface area contributed by atoms with Crippen LogP contribution < -0.4 is 5.14 Å². The van der Waals surface area contributed by atoms with Gasteiger partial charge in [-0.05, 0) is 48.0 Å². The summed E-state index contributed by atoms with van der Waals surface area (Å²) in [7, 11) is -3.86. The Balaban J connectivity index is 1.85. The molecule has 32 heavy (non-hydrogen) atoms. The molecule has 0 radical (unpaired) electrons. The summed E-state index contributed by atoms with van der Waals surface area (Å²) in [5, 5.41) is 5.97. The Morgan fingerprint density at radius 3 is 2.03 bits per heavy atom. The first-order chi connectivity index (χ1) is 15.1. The minimum atomic E-state index is -3.86. The lowest BCUT2D eigenvalue weighted by Crippen LogP contribution is -2.11. The third kappa shape index (κ3) is 4.74. The number of nitrogens with two attached hydrogens (primary N) is 1. The van der Waals surface area contributed by atoms with Gasteiger partial charge in [0.2, 0.25) is 15.8 Å². The number of hydrogen-bond donors (Lipinski definition) is 1. The monoisotopic (exact) mass is 506 g/mol. The zero-order valence-electron chi connectivity index (χ0n) is 16.1. The average molecular weight is 507 g/mol. The first-order valence-corrected chi connectivity index (χ1v) is 12.1. The van der Waals surface area contributed by atoms with E-state index in [9.17, 15) is 17.6 Å². The van der Waals surface area contributed by atoms with Crippen LogP contribution in [0.25, 0.3) is 21.7 Å². The Labute approximate surface area is 197 Å². The highest BCUT2D eigenvalue weighted by Crippen LogP contribution is 2.38. The van der Waals surface area contributed by atoms with Crippen molar-refractivity contribution in [1.82, 2.24) is 4.98 Å². The van der Waals surface area contributed by atoms with Crippen LogP contribution in [0.15, 0.2) is 71.6 Å². The molecule has 1 aromatic heterocycles. The third-order valence-electron chi connectivity index (χ3n) is 4.51. The molecule has 0 aliphatic rings. The molecule has 2 N–H and O–H groups in total. The summed E-state index contributed by atoms with van der Waals surface area (Å²) in [6.45, 7) is 0. The number of nitrogens with zero attached hydrogens (tertiary/aromatic N) is 1. The van der Waals surface area contributed by atoms with E-state index >= 15 is 0 Å². The van der Waals surface area contributed by atoms with Gasteiger partial charge < -0.3 is 0 Å². The van der Waals surface area contributed by atoms with Crippen LogP contribution >= 0.6 is 34.5 Å². The fourth-order valence-electron chi connectivity index (χ4n) is 3.02. The molecule has 4 aromatic rings. The first-order valence-electron chi connectivity index (χ1n) is 9.02. The molecule has 0 atom stereocenters. The van der Waals surface area contributed by atoms with Gasteiger partial charge in [0.05, 0.1) is 15.5 Å². The van der Waals surface area contributed by atoms with Crippen LogP contribution in [0.3, 0.4) is 0 Å². The third-order valence-corrected chi connectivity index (χ3v) is 6.98. The maximum absolute atomic E-state index is 13.5. The standard InChI is InChI=1S/C22H13Cl2FN2O3S2/c23-15-9-14(10-16(24)11-15)20(28)22-27-19(12-3-7-18(8-4-12)32(26,29)30)21(31-22)13-1-5-17(25)6-2-13/h1-11H,(H2,26,29,30). The summed E-state index contributed by atoms with van der Waals surface area (Å²) < 4.78 is 36.6. The van der Waals surface area contributed by atoms with Gasteiger partial charge in [0.15, 0.2) is 5.01 Å². The zero-order chi connectivity index (χ0) is 23.0. The molecular weight excluding hydrogens is 494 g/mol. The number of thiazole rings is 1. The van der Waals surface area contributed by atoms with E-state index in [0.717, 1.165) is 11.3 Å². The van der Waals surface area contributed by atoms with Gasteiger partial charge in [0.1, 0.15) is 5.82 Å². The van der Waals surface area contributed by atoms with Crippen LogP contribution in [0.5, 0.6) is 0 Å². The second-order valence-electron chi connectivity index (χ2n) is 6.76. The van der Waals surface area contributed by atoms with Crippen molar-refractivity contribution in [1.29, 1.82) is 0 Å². The van der Waals surface area contributed by atoms with Crippen molar-refractivity contribution >= 4 is 50.3 Å². The lowest BCUT2D eigenvalue weighted by atomic mass is 10.1. The second kappa shape index (κ2) is 8.73. The Kier molecular flexibility index (Phi) is 6.15. The summed E-state index contributed by atoms with van der Waals surface area (Å²) >= 11 is 13.2. The summed E-state index contributed by atoms with van der Waals surface area (Å²) in [4.78, 5) is 18.2. The minimum Gasteiger partial charge on any atom is -0.286 e. The molecule has 4 rings (SSSR count). The van der Waals surface area contributed by atoms with Gasteiger partial charge in [-0.2, -0.15) is 0 Å². The topological polar surface area (TPSA) is 90.1 Å². The van der Waals surface area contributed by atoms with Crippen molar-refractivity contribution in [2.45, 2.75) is 4.90 Å². The number of sulfonamides is 1. The Morgan fingerprint density at radius 1 is 0.906 bits per heavy atom. The number of halogens is 3. The van der Waals surface area contributed by atoms with Crippen LogP contribution in [0.1, 0.15) is 15.4 Å². The molecule has 0 saturated heterocycles. The number of hydrogen-bond acceptors (Lipinski definition) is 5. The second-order valence-corrected chi connectivity index (χ2v) is 10.2. The van der Waals surface area contributed by atoms with Crippen molar-refractivity contribution in [3.8, 4) is 21.7 Å². The lowest BCUT2D eigenvalue weighted by molar-refractivity contribution is 0.103. The molecule has 0 saturated carbocycles. The van der Waals surface area contributed by atoms with E-state index in [-0.39, 0.29) is 21.2 Å². The van der Waals surface area contributed by atoms with Gasteiger partial charge >= 0.3 is 0 Å². The number of carbonyl (C=O) groups excluding carboxylic acids is 1. The Morgan fingerprint density at radius 2 is 1.47 bits per heavy atom. The normalized spacial score (nSPS) is 11.5. The van der Waals surface area contributed by atoms with E-state index in [1.54, 1.807) is 24.3 Å². The van der Waals surface area contributed by atoms with Gasteiger partial charge in [-0.1, -0.05) is 47.5 Å². The van der Waals surface area contributed by atoms with Crippen molar-refractivity contribution < 1.29 is 17.6 Å². The van der Waals surface area contributed by atoms with Crippen molar-refractivity contribution in [3.63, 3.8) is 0 Å². The predicted octanol–water partition coefficient (Wildman–Crippen LogP) is 5.80. The van der Waals surface area contributed by atoms with Crippen molar-refractivity contribution in [3.05, 3.63) is 93.2 Å². The van der Waals surface area contributed by atoms with Gasteiger partial charge in [0.25, 0.3) is 0 Å².